The number of aliphatic carboxylic acids is 1. The molecule has 0 radical (unpaired) electrons. The molecule has 1 aliphatic carbocycles. The van der Waals surface area contributed by atoms with Gasteiger partial charge in [-0.2, -0.15) is 0 Å². The fourth-order valence-corrected chi connectivity index (χ4v) is 3.75. The first-order valence-electron chi connectivity index (χ1n) is 8.41. The lowest BCUT2D eigenvalue weighted by Gasteiger charge is -2.43. The maximum atomic E-state index is 12.7. The van der Waals surface area contributed by atoms with Crippen molar-refractivity contribution >= 4 is 11.9 Å². The summed E-state index contributed by atoms with van der Waals surface area (Å²) in [7, 11) is 0. The van der Waals surface area contributed by atoms with Gasteiger partial charge in [0.1, 0.15) is 6.10 Å². The molecule has 0 spiro atoms. The highest BCUT2D eigenvalue weighted by Gasteiger charge is 2.46. The molecule has 3 atom stereocenters. The first-order valence-corrected chi connectivity index (χ1v) is 8.41. The Hall–Kier alpha value is -2.56. The average Bonchev–Trinajstić information content (AvgIpc) is 3.07. The Labute approximate surface area is 146 Å². The van der Waals surface area contributed by atoms with Crippen LogP contribution in [0.5, 0.6) is 0 Å². The highest BCUT2D eigenvalue weighted by molar-refractivity contribution is 5.92. The Morgan fingerprint density at radius 3 is 2.92 bits per heavy atom. The molecule has 5 heteroatoms. The highest BCUT2D eigenvalue weighted by atomic mass is 16.5. The van der Waals surface area contributed by atoms with Gasteiger partial charge < -0.3 is 14.3 Å². The van der Waals surface area contributed by atoms with Crippen LogP contribution in [0.25, 0.3) is 0 Å². The fourth-order valence-electron chi connectivity index (χ4n) is 3.75. The van der Waals surface area contributed by atoms with Gasteiger partial charge in [-0.05, 0) is 48.8 Å². The number of hydrogen-bond acceptors (Lipinski definition) is 4. The number of carboxylic acid groups (broad SMARTS) is 1. The predicted molar refractivity (Wildman–Crippen MR) is 91.6 cm³/mol. The number of rotatable bonds is 2. The van der Waals surface area contributed by atoms with E-state index in [1.54, 1.807) is 24.7 Å². The van der Waals surface area contributed by atoms with Crippen LogP contribution < -0.4 is 0 Å². The summed E-state index contributed by atoms with van der Waals surface area (Å²) in [4.78, 5) is 24.0. The van der Waals surface area contributed by atoms with Gasteiger partial charge in [0.25, 0.3) is 0 Å². The fraction of sp³-hybridized carbons (Fsp3) is 0.400. The second-order valence-corrected chi connectivity index (χ2v) is 7.05. The van der Waals surface area contributed by atoms with Gasteiger partial charge in [-0.25, -0.2) is 4.79 Å². The zero-order chi connectivity index (χ0) is 18.0. The van der Waals surface area contributed by atoms with E-state index in [9.17, 15) is 14.7 Å². The molecule has 0 bridgehead atoms. The van der Waals surface area contributed by atoms with Crippen LogP contribution in [-0.2, 0) is 14.3 Å². The van der Waals surface area contributed by atoms with E-state index < -0.39 is 5.97 Å². The molecule has 3 rings (SSSR count). The van der Waals surface area contributed by atoms with E-state index in [4.69, 9.17) is 9.15 Å². The minimum atomic E-state index is -0.996. The first-order chi connectivity index (χ1) is 11.9. The molecule has 1 fully saturated rings. The van der Waals surface area contributed by atoms with E-state index in [2.05, 4.69) is 13.5 Å². The van der Waals surface area contributed by atoms with Crippen LogP contribution in [0.1, 0.15) is 44.3 Å². The van der Waals surface area contributed by atoms with Gasteiger partial charge in [0.05, 0.1) is 24.0 Å². The lowest BCUT2D eigenvalue weighted by molar-refractivity contribution is -0.173. The van der Waals surface area contributed by atoms with E-state index in [-0.39, 0.29) is 29.0 Å². The summed E-state index contributed by atoms with van der Waals surface area (Å²) in [6, 6.07) is 1.82. The molecule has 0 amide bonds. The molecule has 25 heavy (non-hydrogen) atoms. The molecule has 132 valence electrons. The number of esters is 1. The second kappa shape index (κ2) is 6.75. The Kier molecular flexibility index (Phi) is 4.66. The van der Waals surface area contributed by atoms with Crippen molar-refractivity contribution in [3.05, 3.63) is 60.1 Å². The zero-order valence-corrected chi connectivity index (χ0v) is 14.2. The normalized spacial score (nSPS) is 30.2. The van der Waals surface area contributed by atoms with Crippen LogP contribution in [0.15, 0.2) is 59.0 Å². The monoisotopic (exact) mass is 342 g/mol. The number of carbonyl (C=O) groups is 2. The third-order valence-electron chi connectivity index (χ3n) is 5.28. The van der Waals surface area contributed by atoms with E-state index in [1.807, 2.05) is 12.1 Å². The minimum absolute atomic E-state index is 0.195. The number of carbonyl (C=O) groups excluding carboxylic acids is 1. The molecule has 0 unspecified atom stereocenters. The van der Waals surface area contributed by atoms with Gasteiger partial charge >= 0.3 is 11.9 Å². The van der Waals surface area contributed by atoms with Gasteiger partial charge in [-0.1, -0.05) is 25.7 Å². The topological polar surface area (TPSA) is 76.7 Å². The summed E-state index contributed by atoms with van der Waals surface area (Å²) in [6.45, 7) is 5.98. The van der Waals surface area contributed by atoms with E-state index in [0.29, 0.717) is 31.3 Å². The number of furan rings is 1. The molecule has 1 aromatic rings. The smallest absolute Gasteiger partial charge is 0.335 e. The van der Waals surface area contributed by atoms with Crippen LogP contribution in [0, 0.1) is 11.3 Å². The van der Waals surface area contributed by atoms with Crippen molar-refractivity contribution in [3.8, 4) is 0 Å². The Morgan fingerprint density at radius 2 is 2.24 bits per heavy atom. The van der Waals surface area contributed by atoms with Crippen molar-refractivity contribution in [1.82, 2.24) is 0 Å². The van der Waals surface area contributed by atoms with Crippen molar-refractivity contribution in [2.45, 2.75) is 38.7 Å². The summed E-state index contributed by atoms with van der Waals surface area (Å²) >= 11 is 0. The Balaban J connectivity index is 1.89. The Morgan fingerprint density at radius 1 is 1.44 bits per heavy atom. The van der Waals surface area contributed by atoms with Gasteiger partial charge in [-0.15, -0.1) is 0 Å². The molecular formula is C20H22O5. The van der Waals surface area contributed by atoms with Crippen LogP contribution in [0.2, 0.25) is 0 Å². The van der Waals surface area contributed by atoms with E-state index >= 15 is 0 Å². The molecule has 1 aromatic heterocycles. The maximum Gasteiger partial charge on any atom is 0.335 e. The third kappa shape index (κ3) is 3.45. The second-order valence-electron chi connectivity index (χ2n) is 7.05. The predicted octanol–water partition coefficient (Wildman–Crippen LogP) is 4.20. The Bertz CT molecular complexity index is 740. The van der Waals surface area contributed by atoms with Crippen molar-refractivity contribution in [2.75, 3.05) is 0 Å². The van der Waals surface area contributed by atoms with Crippen LogP contribution >= 0.6 is 0 Å². The number of cyclic esters (lactones) is 1. The summed E-state index contributed by atoms with van der Waals surface area (Å²) in [6.07, 6.45) is 10.5. The maximum absolute atomic E-state index is 12.7. The number of ether oxygens (including phenoxy) is 1. The molecule has 1 saturated heterocycles. The minimum Gasteiger partial charge on any atom is -0.478 e. The number of hydrogen-bond donors (Lipinski definition) is 1. The number of carboxylic acids is 1. The van der Waals surface area contributed by atoms with Crippen molar-refractivity contribution in [2.24, 2.45) is 11.3 Å². The van der Waals surface area contributed by atoms with Crippen molar-refractivity contribution in [1.29, 1.82) is 0 Å². The first kappa shape index (κ1) is 17.3. The molecular weight excluding hydrogens is 320 g/mol. The molecule has 0 saturated carbocycles. The number of allylic oxidation sites excluding steroid dienone is 3. The molecule has 0 aromatic carbocycles. The third-order valence-corrected chi connectivity index (χ3v) is 5.28. The lowest BCUT2D eigenvalue weighted by Crippen LogP contribution is -2.41. The molecule has 5 nitrogen and oxygen atoms in total. The quantitative estimate of drug-likeness (QED) is 0.815. The van der Waals surface area contributed by atoms with Crippen LogP contribution in [0.4, 0.5) is 0 Å². The largest absolute Gasteiger partial charge is 0.478 e. The van der Waals surface area contributed by atoms with Gasteiger partial charge in [0, 0.05) is 5.56 Å². The number of fused-ring (bicyclic) bond motifs is 1. The van der Waals surface area contributed by atoms with E-state index in [0.717, 1.165) is 5.56 Å². The van der Waals surface area contributed by atoms with Crippen LogP contribution in [0.3, 0.4) is 0 Å². The van der Waals surface area contributed by atoms with Gasteiger partial charge in [-0.3, -0.25) is 4.79 Å². The van der Waals surface area contributed by atoms with Gasteiger partial charge in [0.15, 0.2) is 0 Å². The van der Waals surface area contributed by atoms with Crippen molar-refractivity contribution < 1.29 is 23.8 Å². The highest BCUT2D eigenvalue weighted by Crippen LogP contribution is 2.49. The van der Waals surface area contributed by atoms with Crippen LogP contribution in [-0.4, -0.2) is 17.0 Å². The summed E-state index contributed by atoms with van der Waals surface area (Å²) < 4.78 is 10.8. The van der Waals surface area contributed by atoms with E-state index in [1.165, 1.54) is 0 Å². The van der Waals surface area contributed by atoms with Gasteiger partial charge in [0.2, 0.25) is 0 Å². The molecule has 1 aliphatic heterocycles. The molecule has 2 aliphatic rings. The molecule has 2 heterocycles. The lowest BCUT2D eigenvalue weighted by atomic mass is 9.66. The van der Waals surface area contributed by atoms with Crippen molar-refractivity contribution in [3.63, 3.8) is 0 Å². The zero-order valence-electron chi connectivity index (χ0n) is 14.2. The summed E-state index contributed by atoms with van der Waals surface area (Å²) in [5.74, 6) is -1.52. The summed E-state index contributed by atoms with van der Waals surface area (Å²) in [5, 5.41) is 9.30. The standard InChI is InChI=1S/C20H22O5/c1-13-6-7-16-19(23)25-17(14-8-10-24-12-14)11-20(16,2)9-4-3-5-15(13)18(21)22/h3-5,8,10,12,16-17H,1,6-7,9,11H2,2H3,(H,21,22)/t16-,17-,20-/m0/s1. The SMILES string of the molecule is C=C1CC[C@H]2C(=O)O[C@H](c3ccoc3)C[C@]2(C)CC=CC=C1C(=O)O. The average molecular weight is 342 g/mol. The molecule has 1 N–H and O–H groups in total. The summed E-state index contributed by atoms with van der Waals surface area (Å²) in [5.41, 5.74) is 1.33.